The molecule has 0 saturated carbocycles. The predicted octanol–water partition coefficient (Wildman–Crippen LogP) is 1.12. The highest BCUT2D eigenvalue weighted by Gasteiger charge is 2.06. The monoisotopic (exact) mass is 219 g/mol. The van der Waals surface area contributed by atoms with Crippen molar-refractivity contribution in [2.45, 2.75) is 13.0 Å². The molecule has 2 N–H and O–H groups in total. The van der Waals surface area contributed by atoms with E-state index in [1.54, 1.807) is 24.3 Å². The lowest BCUT2D eigenvalue weighted by Crippen LogP contribution is -2.21. The van der Waals surface area contributed by atoms with Crippen LogP contribution in [0.5, 0.6) is 0 Å². The first kappa shape index (κ1) is 12.0. The van der Waals surface area contributed by atoms with Crippen LogP contribution < -0.4 is 5.32 Å². The predicted molar refractivity (Wildman–Crippen MR) is 59.8 cm³/mol. The zero-order valence-corrected chi connectivity index (χ0v) is 8.77. The smallest absolute Gasteiger partial charge is 0.307 e. The van der Waals surface area contributed by atoms with E-state index < -0.39 is 5.97 Å². The van der Waals surface area contributed by atoms with Gasteiger partial charge >= 0.3 is 5.97 Å². The molecule has 0 radical (unpaired) electrons. The van der Waals surface area contributed by atoms with E-state index >= 15 is 0 Å². The van der Waals surface area contributed by atoms with Crippen LogP contribution in [-0.4, -0.2) is 17.0 Å². The van der Waals surface area contributed by atoms with Gasteiger partial charge in [0.1, 0.15) is 0 Å². The van der Waals surface area contributed by atoms with Crippen molar-refractivity contribution in [2.75, 3.05) is 0 Å². The number of hydrogen-bond donors (Lipinski definition) is 2. The maximum absolute atomic E-state index is 11.0. The minimum Gasteiger partial charge on any atom is -0.481 e. The summed E-state index contributed by atoms with van der Waals surface area (Å²) in [6.45, 7) is 3.65. The van der Waals surface area contributed by atoms with Crippen molar-refractivity contribution in [3.63, 3.8) is 0 Å². The van der Waals surface area contributed by atoms with Crippen LogP contribution in [0.2, 0.25) is 0 Å². The van der Waals surface area contributed by atoms with Gasteiger partial charge in [0.05, 0.1) is 6.42 Å². The number of aliphatic carboxylic acids is 1. The Bertz CT molecular complexity index is 412. The van der Waals surface area contributed by atoms with Gasteiger partial charge in [0.2, 0.25) is 5.91 Å². The fourth-order valence-corrected chi connectivity index (χ4v) is 1.32. The Balaban J connectivity index is 2.74. The second-order valence-electron chi connectivity index (χ2n) is 3.26. The van der Waals surface area contributed by atoms with Crippen molar-refractivity contribution in [3.05, 3.63) is 48.0 Å². The van der Waals surface area contributed by atoms with Crippen molar-refractivity contribution in [3.8, 4) is 0 Å². The Hall–Kier alpha value is -2.10. The third kappa shape index (κ3) is 3.57. The zero-order chi connectivity index (χ0) is 12.0. The molecule has 4 heteroatoms. The van der Waals surface area contributed by atoms with Crippen LogP contribution in [0.25, 0.3) is 0 Å². The molecule has 1 rings (SSSR count). The second kappa shape index (κ2) is 5.70. The molecule has 84 valence electrons. The fraction of sp³-hybridized carbons (Fsp3) is 0.167. The number of rotatable bonds is 5. The molecule has 0 saturated heterocycles. The second-order valence-corrected chi connectivity index (χ2v) is 3.26. The van der Waals surface area contributed by atoms with E-state index in [9.17, 15) is 9.59 Å². The average Bonchev–Trinajstić information content (AvgIpc) is 2.26. The first-order valence-electron chi connectivity index (χ1n) is 4.82. The lowest BCUT2D eigenvalue weighted by atomic mass is 10.0. The SMILES string of the molecule is C=CC(=O)NCc1ccccc1CC(=O)O. The molecule has 16 heavy (non-hydrogen) atoms. The van der Waals surface area contributed by atoms with Crippen LogP contribution in [0.1, 0.15) is 11.1 Å². The summed E-state index contributed by atoms with van der Waals surface area (Å²) in [6.07, 6.45) is 1.14. The Morgan fingerprint density at radius 1 is 1.31 bits per heavy atom. The largest absolute Gasteiger partial charge is 0.481 e. The van der Waals surface area contributed by atoms with Crippen LogP contribution in [0.4, 0.5) is 0 Å². The molecule has 0 aliphatic rings. The van der Waals surface area contributed by atoms with Gasteiger partial charge < -0.3 is 10.4 Å². The first-order chi connectivity index (χ1) is 7.63. The van der Waals surface area contributed by atoms with E-state index in [2.05, 4.69) is 11.9 Å². The Morgan fingerprint density at radius 2 is 1.94 bits per heavy atom. The Morgan fingerprint density at radius 3 is 2.50 bits per heavy atom. The topological polar surface area (TPSA) is 66.4 Å². The van der Waals surface area contributed by atoms with E-state index in [-0.39, 0.29) is 12.3 Å². The van der Waals surface area contributed by atoms with Gasteiger partial charge in [0.25, 0.3) is 0 Å². The quantitative estimate of drug-likeness (QED) is 0.729. The minimum absolute atomic E-state index is 0.0415. The molecule has 0 unspecified atom stereocenters. The van der Waals surface area contributed by atoms with Crippen molar-refractivity contribution < 1.29 is 14.7 Å². The van der Waals surface area contributed by atoms with Crippen LogP contribution in [-0.2, 0) is 22.6 Å². The van der Waals surface area contributed by atoms with Crippen LogP contribution >= 0.6 is 0 Å². The molecule has 0 heterocycles. The van der Waals surface area contributed by atoms with Gasteiger partial charge in [-0.3, -0.25) is 9.59 Å². The standard InChI is InChI=1S/C12H13NO3/c1-2-11(14)13-8-10-6-4-3-5-9(10)7-12(15)16/h2-6H,1,7-8H2,(H,13,14)(H,15,16). The molecule has 0 aromatic heterocycles. The molecule has 0 aliphatic heterocycles. The van der Waals surface area contributed by atoms with Crippen molar-refractivity contribution in [2.24, 2.45) is 0 Å². The van der Waals surface area contributed by atoms with Crippen molar-refractivity contribution in [1.82, 2.24) is 5.32 Å². The molecular formula is C12H13NO3. The fourth-order valence-electron chi connectivity index (χ4n) is 1.32. The number of carboxylic acid groups (broad SMARTS) is 1. The summed E-state index contributed by atoms with van der Waals surface area (Å²) in [6, 6.07) is 7.11. The minimum atomic E-state index is -0.887. The Kier molecular flexibility index (Phi) is 4.27. The average molecular weight is 219 g/mol. The number of amides is 1. The third-order valence-electron chi connectivity index (χ3n) is 2.10. The van der Waals surface area contributed by atoms with Gasteiger partial charge in [0.15, 0.2) is 0 Å². The number of carboxylic acids is 1. The summed E-state index contributed by atoms with van der Waals surface area (Å²) in [5.41, 5.74) is 1.51. The van der Waals surface area contributed by atoms with E-state index in [0.29, 0.717) is 12.1 Å². The third-order valence-corrected chi connectivity index (χ3v) is 2.10. The van der Waals surface area contributed by atoms with Gasteiger partial charge in [-0.15, -0.1) is 0 Å². The Labute approximate surface area is 93.6 Å². The summed E-state index contributed by atoms with van der Waals surface area (Å²) in [5, 5.41) is 11.3. The van der Waals surface area contributed by atoms with Gasteiger partial charge in [-0.25, -0.2) is 0 Å². The molecule has 0 fully saturated rings. The molecule has 0 spiro atoms. The van der Waals surface area contributed by atoms with Gasteiger partial charge in [-0.1, -0.05) is 30.8 Å². The lowest BCUT2D eigenvalue weighted by Gasteiger charge is -2.07. The van der Waals surface area contributed by atoms with E-state index in [0.717, 1.165) is 5.56 Å². The summed E-state index contributed by atoms with van der Waals surface area (Å²) in [5.74, 6) is -1.16. The number of benzene rings is 1. The lowest BCUT2D eigenvalue weighted by molar-refractivity contribution is -0.136. The summed E-state index contributed by atoms with van der Waals surface area (Å²) >= 11 is 0. The maximum atomic E-state index is 11.0. The van der Waals surface area contributed by atoms with Gasteiger partial charge in [-0.05, 0) is 17.2 Å². The summed E-state index contributed by atoms with van der Waals surface area (Å²) < 4.78 is 0. The molecule has 1 aromatic carbocycles. The van der Waals surface area contributed by atoms with Crippen LogP contribution in [0.15, 0.2) is 36.9 Å². The highest BCUT2D eigenvalue weighted by atomic mass is 16.4. The summed E-state index contributed by atoms with van der Waals surface area (Å²) in [7, 11) is 0. The van der Waals surface area contributed by atoms with Crippen molar-refractivity contribution in [1.29, 1.82) is 0 Å². The van der Waals surface area contributed by atoms with E-state index in [1.165, 1.54) is 6.08 Å². The highest BCUT2D eigenvalue weighted by molar-refractivity contribution is 5.86. The first-order valence-corrected chi connectivity index (χ1v) is 4.82. The maximum Gasteiger partial charge on any atom is 0.307 e. The van der Waals surface area contributed by atoms with Gasteiger partial charge in [0, 0.05) is 6.54 Å². The van der Waals surface area contributed by atoms with Crippen LogP contribution in [0.3, 0.4) is 0 Å². The number of carbonyl (C=O) groups is 2. The molecule has 1 aromatic rings. The van der Waals surface area contributed by atoms with E-state index in [4.69, 9.17) is 5.11 Å². The number of hydrogen-bond acceptors (Lipinski definition) is 2. The zero-order valence-electron chi connectivity index (χ0n) is 8.77. The molecule has 1 amide bonds. The number of nitrogens with one attached hydrogen (secondary N) is 1. The summed E-state index contributed by atoms with van der Waals surface area (Å²) in [4.78, 5) is 21.6. The molecule has 0 bridgehead atoms. The number of carbonyl (C=O) groups excluding carboxylic acids is 1. The highest BCUT2D eigenvalue weighted by Crippen LogP contribution is 2.09. The normalized spacial score (nSPS) is 9.50. The molecule has 4 nitrogen and oxygen atoms in total. The van der Waals surface area contributed by atoms with Crippen molar-refractivity contribution >= 4 is 11.9 Å². The molecule has 0 aliphatic carbocycles. The van der Waals surface area contributed by atoms with Gasteiger partial charge in [-0.2, -0.15) is 0 Å². The van der Waals surface area contributed by atoms with E-state index in [1.807, 2.05) is 0 Å². The molecule has 0 atom stereocenters. The van der Waals surface area contributed by atoms with Crippen LogP contribution in [0, 0.1) is 0 Å². The molecular weight excluding hydrogens is 206 g/mol.